The fraction of sp³-hybridized carbons (Fsp3) is 0.273. The van der Waals surface area contributed by atoms with E-state index >= 15 is 0 Å². The van der Waals surface area contributed by atoms with Gasteiger partial charge in [-0.1, -0.05) is 0 Å². The number of ether oxygens (including phenoxy) is 2. The molecule has 6 nitrogen and oxygen atoms in total. The molecule has 1 aliphatic rings. The second-order valence-corrected chi connectivity index (χ2v) is 6.54. The number of rotatable bonds is 6. The van der Waals surface area contributed by atoms with E-state index in [0.717, 1.165) is 29.0 Å². The highest BCUT2D eigenvalue weighted by Gasteiger charge is 2.21. The van der Waals surface area contributed by atoms with Crippen LogP contribution in [0.4, 0.5) is 5.69 Å². The maximum atomic E-state index is 12.3. The molecule has 0 saturated heterocycles. The standard InChI is InChI=1S/C22H24N2O4/c1-4-27-19-13-17-11-14(2)28-20(17)12-16(19)7-10-21(25)24-18-8-5-15(6-9-18)22(26)23-3/h5-10,12-14H,4,11H2,1-3H3,(H,23,26)(H,24,25)/b10-7+. The van der Waals surface area contributed by atoms with Gasteiger partial charge in [0.2, 0.25) is 5.91 Å². The number of benzene rings is 2. The lowest BCUT2D eigenvalue weighted by Crippen LogP contribution is -2.17. The average Bonchev–Trinajstić information content (AvgIpc) is 3.05. The van der Waals surface area contributed by atoms with Crippen LogP contribution in [0.15, 0.2) is 42.5 Å². The van der Waals surface area contributed by atoms with Crippen molar-refractivity contribution in [2.45, 2.75) is 26.4 Å². The number of carbonyl (C=O) groups excluding carboxylic acids is 2. The van der Waals surface area contributed by atoms with Crippen LogP contribution in [0.3, 0.4) is 0 Å². The Bertz CT molecular complexity index is 903. The Balaban J connectivity index is 1.71. The van der Waals surface area contributed by atoms with E-state index < -0.39 is 0 Å². The maximum absolute atomic E-state index is 12.3. The fourth-order valence-corrected chi connectivity index (χ4v) is 3.06. The Morgan fingerprint density at radius 1 is 1.25 bits per heavy atom. The summed E-state index contributed by atoms with van der Waals surface area (Å²) in [5, 5.41) is 5.33. The van der Waals surface area contributed by atoms with Gasteiger partial charge in [-0.3, -0.25) is 9.59 Å². The molecule has 0 saturated carbocycles. The second-order valence-electron chi connectivity index (χ2n) is 6.54. The molecule has 1 heterocycles. The van der Waals surface area contributed by atoms with Gasteiger partial charge in [-0.2, -0.15) is 0 Å². The minimum absolute atomic E-state index is 0.143. The Labute approximate surface area is 164 Å². The van der Waals surface area contributed by atoms with E-state index in [1.54, 1.807) is 37.4 Å². The van der Waals surface area contributed by atoms with Crippen LogP contribution in [0.5, 0.6) is 11.5 Å². The lowest BCUT2D eigenvalue weighted by molar-refractivity contribution is -0.111. The maximum Gasteiger partial charge on any atom is 0.251 e. The SMILES string of the molecule is CCOc1cc2c(cc1/C=C/C(=O)Nc1ccc(C(=O)NC)cc1)OC(C)C2. The highest BCUT2D eigenvalue weighted by Crippen LogP contribution is 2.35. The van der Waals surface area contributed by atoms with E-state index in [2.05, 4.69) is 10.6 Å². The molecule has 0 spiro atoms. The predicted molar refractivity (Wildman–Crippen MR) is 109 cm³/mol. The summed E-state index contributed by atoms with van der Waals surface area (Å²) < 4.78 is 11.5. The summed E-state index contributed by atoms with van der Waals surface area (Å²) >= 11 is 0. The number of amides is 2. The molecular weight excluding hydrogens is 356 g/mol. The lowest BCUT2D eigenvalue weighted by atomic mass is 10.1. The Morgan fingerprint density at radius 2 is 2.00 bits per heavy atom. The first kappa shape index (κ1) is 19.5. The van der Waals surface area contributed by atoms with Gasteiger partial charge in [0.05, 0.1) is 6.61 Å². The van der Waals surface area contributed by atoms with Crippen molar-refractivity contribution < 1.29 is 19.1 Å². The van der Waals surface area contributed by atoms with E-state index in [1.165, 1.54) is 6.08 Å². The summed E-state index contributed by atoms with van der Waals surface area (Å²) in [5.41, 5.74) is 3.05. The molecule has 146 valence electrons. The third kappa shape index (κ3) is 4.52. The molecular formula is C22H24N2O4. The van der Waals surface area contributed by atoms with Crippen LogP contribution in [0, 0.1) is 0 Å². The molecule has 1 atom stereocenters. The van der Waals surface area contributed by atoms with Gasteiger partial charge in [0.1, 0.15) is 17.6 Å². The van der Waals surface area contributed by atoms with Crippen molar-refractivity contribution in [3.63, 3.8) is 0 Å². The topological polar surface area (TPSA) is 76.7 Å². The van der Waals surface area contributed by atoms with Gasteiger partial charge < -0.3 is 20.1 Å². The van der Waals surface area contributed by atoms with Crippen LogP contribution in [0.2, 0.25) is 0 Å². The summed E-state index contributed by atoms with van der Waals surface area (Å²) in [6.45, 7) is 4.49. The number of nitrogens with one attached hydrogen (secondary N) is 2. The van der Waals surface area contributed by atoms with Gasteiger partial charge in [0.25, 0.3) is 5.91 Å². The zero-order valence-electron chi connectivity index (χ0n) is 16.2. The highest BCUT2D eigenvalue weighted by atomic mass is 16.5. The number of fused-ring (bicyclic) bond motifs is 1. The van der Waals surface area contributed by atoms with Crippen molar-refractivity contribution in [1.82, 2.24) is 5.32 Å². The normalized spacial score (nSPS) is 15.0. The number of hydrogen-bond acceptors (Lipinski definition) is 4. The van der Waals surface area contributed by atoms with E-state index in [4.69, 9.17) is 9.47 Å². The van der Waals surface area contributed by atoms with Gasteiger partial charge in [0, 0.05) is 41.9 Å². The van der Waals surface area contributed by atoms with Crippen molar-refractivity contribution >= 4 is 23.6 Å². The van der Waals surface area contributed by atoms with Crippen molar-refractivity contribution in [1.29, 1.82) is 0 Å². The summed E-state index contributed by atoms with van der Waals surface area (Å²) in [4.78, 5) is 23.8. The van der Waals surface area contributed by atoms with Gasteiger partial charge >= 0.3 is 0 Å². The third-order valence-corrected chi connectivity index (χ3v) is 4.38. The van der Waals surface area contributed by atoms with Gasteiger partial charge in [-0.15, -0.1) is 0 Å². The largest absolute Gasteiger partial charge is 0.493 e. The molecule has 2 amide bonds. The molecule has 0 bridgehead atoms. The Hall–Kier alpha value is -3.28. The molecule has 2 N–H and O–H groups in total. The molecule has 0 fully saturated rings. The van der Waals surface area contributed by atoms with Crippen LogP contribution in [-0.4, -0.2) is 31.6 Å². The first-order valence-electron chi connectivity index (χ1n) is 9.27. The molecule has 2 aromatic rings. The van der Waals surface area contributed by atoms with Crippen LogP contribution in [0.25, 0.3) is 6.08 Å². The molecule has 0 aromatic heterocycles. The fourth-order valence-electron chi connectivity index (χ4n) is 3.06. The average molecular weight is 380 g/mol. The quantitative estimate of drug-likeness (QED) is 0.753. The summed E-state index contributed by atoms with van der Waals surface area (Å²) in [6, 6.07) is 10.6. The van der Waals surface area contributed by atoms with E-state index in [9.17, 15) is 9.59 Å². The minimum atomic E-state index is -0.273. The Morgan fingerprint density at radius 3 is 2.68 bits per heavy atom. The number of carbonyl (C=O) groups is 2. The molecule has 1 aliphatic heterocycles. The second kappa shape index (κ2) is 8.61. The highest BCUT2D eigenvalue weighted by molar-refractivity contribution is 6.02. The van der Waals surface area contributed by atoms with Crippen molar-refractivity contribution in [3.8, 4) is 11.5 Å². The van der Waals surface area contributed by atoms with Crippen LogP contribution >= 0.6 is 0 Å². The molecule has 0 radical (unpaired) electrons. The van der Waals surface area contributed by atoms with E-state index in [1.807, 2.05) is 26.0 Å². The van der Waals surface area contributed by atoms with Gasteiger partial charge in [-0.25, -0.2) is 0 Å². The van der Waals surface area contributed by atoms with Crippen molar-refractivity contribution in [2.75, 3.05) is 19.0 Å². The van der Waals surface area contributed by atoms with Crippen LogP contribution < -0.4 is 20.1 Å². The summed E-state index contributed by atoms with van der Waals surface area (Å²) in [5.74, 6) is 1.12. The number of hydrogen-bond donors (Lipinski definition) is 2. The number of anilines is 1. The molecule has 1 unspecified atom stereocenters. The first-order valence-corrected chi connectivity index (χ1v) is 9.27. The monoisotopic (exact) mass is 380 g/mol. The van der Waals surface area contributed by atoms with Crippen LogP contribution in [-0.2, 0) is 11.2 Å². The van der Waals surface area contributed by atoms with E-state index in [0.29, 0.717) is 17.9 Å². The van der Waals surface area contributed by atoms with Crippen LogP contribution in [0.1, 0.15) is 35.3 Å². The smallest absolute Gasteiger partial charge is 0.251 e. The lowest BCUT2D eigenvalue weighted by Gasteiger charge is -2.10. The van der Waals surface area contributed by atoms with Crippen molar-refractivity contribution in [3.05, 3.63) is 59.2 Å². The van der Waals surface area contributed by atoms with Crippen molar-refractivity contribution in [2.24, 2.45) is 0 Å². The predicted octanol–water partition coefficient (Wildman–Crippen LogP) is 3.42. The minimum Gasteiger partial charge on any atom is -0.493 e. The first-order chi connectivity index (χ1) is 13.5. The third-order valence-electron chi connectivity index (χ3n) is 4.38. The molecule has 28 heavy (non-hydrogen) atoms. The molecule has 0 aliphatic carbocycles. The Kier molecular flexibility index (Phi) is 5.99. The summed E-state index contributed by atoms with van der Waals surface area (Å²) in [7, 11) is 1.57. The molecule has 2 aromatic carbocycles. The van der Waals surface area contributed by atoms with E-state index in [-0.39, 0.29) is 17.9 Å². The van der Waals surface area contributed by atoms with Gasteiger partial charge in [-0.05, 0) is 56.3 Å². The van der Waals surface area contributed by atoms with Gasteiger partial charge in [0.15, 0.2) is 0 Å². The molecule has 6 heteroatoms. The zero-order chi connectivity index (χ0) is 20.1. The zero-order valence-corrected chi connectivity index (χ0v) is 16.2. The molecule has 3 rings (SSSR count). The summed E-state index contributed by atoms with van der Waals surface area (Å²) in [6.07, 6.45) is 4.16.